The second kappa shape index (κ2) is 2.48. The minimum atomic E-state index is 0.576. The number of fused-ring (bicyclic) bond motifs is 1. The molecule has 2 nitrogen and oxygen atoms in total. The molecular formula is C11H19NO. The quantitative estimate of drug-likeness (QED) is 0.719. The molecule has 0 unspecified atom stereocenters. The van der Waals surface area contributed by atoms with Crippen molar-refractivity contribution in [2.75, 3.05) is 13.2 Å². The van der Waals surface area contributed by atoms with E-state index in [1.807, 2.05) is 0 Å². The summed E-state index contributed by atoms with van der Waals surface area (Å²) in [6.07, 6.45) is 9.18. The van der Waals surface area contributed by atoms with Crippen molar-refractivity contribution in [2.24, 2.45) is 16.6 Å². The third-order valence-electron chi connectivity index (χ3n) is 4.87. The highest BCUT2D eigenvalue weighted by molar-refractivity contribution is 5.21. The largest absolute Gasteiger partial charge is 0.376 e. The Bertz CT molecular complexity index is 220. The first kappa shape index (κ1) is 8.25. The molecule has 13 heavy (non-hydrogen) atoms. The fraction of sp³-hybridized carbons (Fsp3) is 1.00. The smallest absolute Gasteiger partial charge is 0.0637 e. The van der Waals surface area contributed by atoms with Crippen LogP contribution < -0.4 is 5.73 Å². The topological polar surface area (TPSA) is 35.2 Å². The van der Waals surface area contributed by atoms with Crippen LogP contribution in [0.5, 0.6) is 0 Å². The second-order valence-electron chi connectivity index (χ2n) is 5.12. The van der Waals surface area contributed by atoms with Crippen LogP contribution in [0.3, 0.4) is 0 Å². The molecule has 3 rings (SSSR count). The van der Waals surface area contributed by atoms with E-state index in [4.69, 9.17) is 10.5 Å². The molecule has 0 heterocycles. The molecule has 0 aromatic rings. The fourth-order valence-corrected chi connectivity index (χ4v) is 3.65. The Morgan fingerprint density at radius 1 is 1.15 bits per heavy atom. The van der Waals surface area contributed by atoms with Crippen LogP contribution in [0.1, 0.15) is 38.5 Å². The van der Waals surface area contributed by atoms with Crippen molar-refractivity contribution in [3.8, 4) is 0 Å². The van der Waals surface area contributed by atoms with Crippen molar-refractivity contribution in [3.05, 3.63) is 0 Å². The predicted molar refractivity (Wildman–Crippen MR) is 51.4 cm³/mol. The van der Waals surface area contributed by atoms with E-state index < -0.39 is 0 Å². The van der Waals surface area contributed by atoms with Crippen molar-refractivity contribution in [2.45, 2.75) is 44.6 Å². The minimum absolute atomic E-state index is 0.576. The number of rotatable bonds is 3. The van der Waals surface area contributed by atoms with Crippen molar-refractivity contribution in [3.63, 3.8) is 0 Å². The van der Waals surface area contributed by atoms with E-state index in [9.17, 15) is 0 Å². The number of nitrogens with two attached hydrogens (primary N) is 1. The summed E-state index contributed by atoms with van der Waals surface area (Å²) in [6, 6.07) is 0. The maximum Gasteiger partial charge on any atom is 0.0637 e. The highest BCUT2D eigenvalue weighted by Gasteiger charge is 2.71. The van der Waals surface area contributed by atoms with Gasteiger partial charge in [0.1, 0.15) is 0 Å². The molecule has 0 aliphatic heterocycles. The number of ether oxygens (including phenoxy) is 1. The van der Waals surface area contributed by atoms with Crippen molar-refractivity contribution < 1.29 is 4.74 Å². The standard InChI is InChI=1S/C11H19NO/c12-7-8-13-9-1-2-11(9)6-5-10(11)3-4-10/h9H,1-8,12H2/t9-,11+/m1/s1. The van der Waals surface area contributed by atoms with Crippen LogP contribution in [-0.2, 0) is 4.74 Å². The Kier molecular flexibility index (Phi) is 1.58. The first-order chi connectivity index (χ1) is 6.33. The van der Waals surface area contributed by atoms with Crippen LogP contribution in [0.15, 0.2) is 0 Å². The van der Waals surface area contributed by atoms with Gasteiger partial charge in [-0.1, -0.05) is 0 Å². The normalized spacial score (nSPS) is 44.5. The SMILES string of the molecule is NCCO[C@@H]1CC[C@]12CCC21CC1. The average Bonchev–Trinajstić information content (AvgIpc) is 2.82. The molecule has 0 aromatic heterocycles. The van der Waals surface area contributed by atoms with Gasteiger partial charge in [0.15, 0.2) is 0 Å². The molecular weight excluding hydrogens is 162 g/mol. The molecule has 2 spiro atoms. The molecule has 3 aliphatic carbocycles. The zero-order chi connectivity index (χ0) is 8.94. The van der Waals surface area contributed by atoms with Gasteiger partial charge in [0, 0.05) is 12.0 Å². The van der Waals surface area contributed by atoms with Gasteiger partial charge in [-0.25, -0.2) is 0 Å². The first-order valence-corrected chi connectivity index (χ1v) is 5.65. The molecule has 74 valence electrons. The molecule has 2 N–H and O–H groups in total. The Morgan fingerprint density at radius 3 is 2.31 bits per heavy atom. The molecule has 3 aliphatic rings. The Morgan fingerprint density at radius 2 is 1.92 bits per heavy atom. The van der Waals surface area contributed by atoms with E-state index >= 15 is 0 Å². The van der Waals surface area contributed by atoms with Gasteiger partial charge in [0.25, 0.3) is 0 Å². The zero-order valence-corrected chi connectivity index (χ0v) is 8.22. The molecule has 0 amide bonds. The molecule has 2 atom stereocenters. The summed E-state index contributed by atoms with van der Waals surface area (Å²) >= 11 is 0. The number of hydrogen-bond donors (Lipinski definition) is 1. The van der Waals surface area contributed by atoms with Crippen LogP contribution in [0.25, 0.3) is 0 Å². The molecule has 0 saturated heterocycles. The van der Waals surface area contributed by atoms with Crippen molar-refractivity contribution >= 4 is 0 Å². The van der Waals surface area contributed by atoms with E-state index in [0.29, 0.717) is 18.1 Å². The number of hydrogen-bond acceptors (Lipinski definition) is 2. The molecule has 2 heteroatoms. The lowest BCUT2D eigenvalue weighted by Gasteiger charge is -2.62. The van der Waals surface area contributed by atoms with Crippen LogP contribution in [0.4, 0.5) is 0 Å². The summed E-state index contributed by atoms with van der Waals surface area (Å²) in [7, 11) is 0. The Hall–Kier alpha value is -0.0800. The monoisotopic (exact) mass is 181 g/mol. The van der Waals surface area contributed by atoms with Gasteiger partial charge in [0.2, 0.25) is 0 Å². The average molecular weight is 181 g/mol. The van der Waals surface area contributed by atoms with Crippen molar-refractivity contribution in [1.29, 1.82) is 0 Å². The molecule has 3 fully saturated rings. The first-order valence-electron chi connectivity index (χ1n) is 5.65. The third kappa shape index (κ3) is 0.861. The maximum atomic E-state index is 5.84. The predicted octanol–water partition coefficient (Wildman–Crippen LogP) is 1.68. The summed E-state index contributed by atoms with van der Waals surface area (Å²) in [5, 5.41) is 0. The van der Waals surface area contributed by atoms with Crippen molar-refractivity contribution in [1.82, 2.24) is 0 Å². The Labute approximate surface area is 79.8 Å². The summed E-state index contributed by atoms with van der Waals surface area (Å²) in [5.41, 5.74) is 6.87. The van der Waals surface area contributed by atoms with E-state index in [-0.39, 0.29) is 0 Å². The van der Waals surface area contributed by atoms with Gasteiger partial charge < -0.3 is 10.5 Å². The molecule has 3 saturated carbocycles. The summed E-state index contributed by atoms with van der Waals surface area (Å²) < 4.78 is 5.84. The van der Waals surface area contributed by atoms with E-state index in [1.165, 1.54) is 38.5 Å². The van der Waals surface area contributed by atoms with Crippen LogP contribution in [0, 0.1) is 10.8 Å². The summed E-state index contributed by atoms with van der Waals surface area (Å²) in [5.74, 6) is 0. The lowest BCUT2D eigenvalue weighted by molar-refractivity contribution is -0.199. The summed E-state index contributed by atoms with van der Waals surface area (Å²) in [6.45, 7) is 1.45. The molecule has 0 bridgehead atoms. The van der Waals surface area contributed by atoms with Crippen LogP contribution >= 0.6 is 0 Å². The van der Waals surface area contributed by atoms with E-state index in [1.54, 1.807) is 0 Å². The zero-order valence-electron chi connectivity index (χ0n) is 8.22. The highest BCUT2D eigenvalue weighted by Crippen LogP contribution is 2.78. The van der Waals surface area contributed by atoms with Crippen LogP contribution in [0.2, 0.25) is 0 Å². The second-order valence-corrected chi connectivity index (χ2v) is 5.12. The van der Waals surface area contributed by atoms with Gasteiger partial charge in [-0.05, 0) is 43.9 Å². The van der Waals surface area contributed by atoms with Gasteiger partial charge in [-0.2, -0.15) is 0 Å². The van der Waals surface area contributed by atoms with Gasteiger partial charge in [-0.15, -0.1) is 0 Å². The van der Waals surface area contributed by atoms with Gasteiger partial charge in [0.05, 0.1) is 12.7 Å². The lowest BCUT2D eigenvalue weighted by atomic mass is 9.46. The fourth-order valence-electron chi connectivity index (χ4n) is 3.65. The van der Waals surface area contributed by atoms with Gasteiger partial charge in [-0.3, -0.25) is 0 Å². The molecule has 0 aromatic carbocycles. The maximum absolute atomic E-state index is 5.84. The third-order valence-corrected chi connectivity index (χ3v) is 4.87. The van der Waals surface area contributed by atoms with Gasteiger partial charge >= 0.3 is 0 Å². The van der Waals surface area contributed by atoms with E-state index in [2.05, 4.69) is 0 Å². The minimum Gasteiger partial charge on any atom is -0.376 e. The Balaban J connectivity index is 1.65. The highest BCUT2D eigenvalue weighted by atomic mass is 16.5. The van der Waals surface area contributed by atoms with Crippen LogP contribution in [-0.4, -0.2) is 19.3 Å². The lowest BCUT2D eigenvalue weighted by Crippen LogP contribution is -2.58. The summed E-state index contributed by atoms with van der Waals surface area (Å²) in [4.78, 5) is 0. The molecule has 0 radical (unpaired) electrons. The van der Waals surface area contributed by atoms with E-state index in [0.717, 1.165) is 12.0 Å².